The largest absolute Gasteiger partial charge is 0.399 e. The van der Waals surface area contributed by atoms with Gasteiger partial charge in [-0.25, -0.2) is 8.78 Å². The number of carbonyl (C=O) groups excluding carboxylic acids is 1. The molecule has 4 nitrogen and oxygen atoms in total. The fourth-order valence-corrected chi connectivity index (χ4v) is 2.14. The van der Waals surface area contributed by atoms with E-state index < -0.39 is 17.5 Å². The van der Waals surface area contributed by atoms with E-state index in [0.29, 0.717) is 16.9 Å². The Morgan fingerprint density at radius 1 is 1.19 bits per heavy atom. The molecule has 1 amide bonds. The highest BCUT2D eigenvalue weighted by Gasteiger charge is 2.13. The van der Waals surface area contributed by atoms with Crippen molar-refractivity contribution in [2.45, 2.75) is 6.54 Å². The maximum absolute atomic E-state index is 13.1. The molecular weight excluding hydrogens is 300 g/mol. The summed E-state index contributed by atoms with van der Waals surface area (Å²) in [5.74, 6) is -2.58. The Labute approximate surface area is 124 Å². The van der Waals surface area contributed by atoms with E-state index in [0.717, 1.165) is 12.1 Å². The molecule has 110 valence electrons. The number of anilines is 2. The number of carbonyl (C=O) groups is 1. The van der Waals surface area contributed by atoms with Gasteiger partial charge in [0.1, 0.15) is 0 Å². The molecular formula is C14H12ClF2N3O. The lowest BCUT2D eigenvalue weighted by Gasteiger charge is -2.13. The maximum atomic E-state index is 13.1. The molecule has 0 aliphatic rings. The number of halogens is 3. The second-order valence-corrected chi connectivity index (χ2v) is 4.80. The van der Waals surface area contributed by atoms with Gasteiger partial charge in [0.15, 0.2) is 11.6 Å². The van der Waals surface area contributed by atoms with Crippen molar-refractivity contribution in [3.63, 3.8) is 0 Å². The van der Waals surface area contributed by atoms with Crippen molar-refractivity contribution in [1.29, 1.82) is 0 Å². The van der Waals surface area contributed by atoms with E-state index in [1.54, 1.807) is 0 Å². The third-order valence-corrected chi connectivity index (χ3v) is 3.13. The van der Waals surface area contributed by atoms with Gasteiger partial charge in [0.05, 0.1) is 16.3 Å². The minimum absolute atomic E-state index is 0.127. The minimum Gasteiger partial charge on any atom is -0.399 e. The van der Waals surface area contributed by atoms with E-state index in [1.165, 1.54) is 18.2 Å². The lowest BCUT2D eigenvalue weighted by molar-refractivity contribution is 0.100. The summed E-state index contributed by atoms with van der Waals surface area (Å²) in [6.45, 7) is 0.140. The Kier molecular flexibility index (Phi) is 4.28. The first-order valence-electron chi connectivity index (χ1n) is 5.95. The summed E-state index contributed by atoms with van der Waals surface area (Å²) in [4.78, 5) is 11.4. The summed E-state index contributed by atoms with van der Waals surface area (Å²) in [6, 6.07) is 6.34. The van der Waals surface area contributed by atoms with Crippen molar-refractivity contribution in [3.05, 3.63) is 58.1 Å². The first-order valence-corrected chi connectivity index (χ1v) is 6.33. The van der Waals surface area contributed by atoms with Crippen molar-refractivity contribution in [2.75, 3.05) is 11.1 Å². The standard InChI is InChI=1S/C14H12ClF2N3O/c15-10-5-8(18)4-9(14(19)21)13(10)20-6-7-1-2-11(16)12(17)3-7/h1-5,20H,6,18H2,(H2,19,21). The third-order valence-electron chi connectivity index (χ3n) is 2.83. The summed E-state index contributed by atoms with van der Waals surface area (Å²) < 4.78 is 26.0. The lowest BCUT2D eigenvalue weighted by atomic mass is 10.1. The fraction of sp³-hybridized carbons (Fsp3) is 0.0714. The molecule has 2 aromatic carbocycles. The second kappa shape index (κ2) is 5.97. The van der Waals surface area contributed by atoms with E-state index in [4.69, 9.17) is 23.1 Å². The highest BCUT2D eigenvalue weighted by molar-refractivity contribution is 6.34. The summed E-state index contributed by atoms with van der Waals surface area (Å²) >= 11 is 6.02. The molecule has 0 aliphatic carbocycles. The van der Waals surface area contributed by atoms with Gasteiger partial charge in [-0.15, -0.1) is 0 Å². The maximum Gasteiger partial charge on any atom is 0.250 e. The van der Waals surface area contributed by atoms with Crippen LogP contribution in [0.2, 0.25) is 5.02 Å². The Balaban J connectivity index is 2.27. The van der Waals surface area contributed by atoms with Crippen molar-refractivity contribution < 1.29 is 13.6 Å². The average molecular weight is 312 g/mol. The Morgan fingerprint density at radius 3 is 2.52 bits per heavy atom. The molecule has 0 saturated carbocycles. The third kappa shape index (κ3) is 3.41. The fourth-order valence-electron chi connectivity index (χ4n) is 1.84. The SMILES string of the molecule is NC(=O)c1cc(N)cc(Cl)c1NCc1ccc(F)c(F)c1. The number of hydrogen-bond donors (Lipinski definition) is 3. The number of primary amides is 1. The van der Waals surface area contributed by atoms with Crippen molar-refractivity contribution in [1.82, 2.24) is 0 Å². The van der Waals surface area contributed by atoms with Crippen LogP contribution in [0.1, 0.15) is 15.9 Å². The van der Waals surface area contributed by atoms with Gasteiger partial charge in [0, 0.05) is 12.2 Å². The molecule has 5 N–H and O–H groups in total. The number of benzene rings is 2. The van der Waals surface area contributed by atoms with Crippen LogP contribution in [0, 0.1) is 11.6 Å². The van der Waals surface area contributed by atoms with Crippen LogP contribution in [0.15, 0.2) is 30.3 Å². The first kappa shape index (κ1) is 15.1. The molecule has 21 heavy (non-hydrogen) atoms. The Bertz CT molecular complexity index is 707. The minimum atomic E-state index is -0.951. The first-order chi connectivity index (χ1) is 9.88. The van der Waals surface area contributed by atoms with Gasteiger partial charge in [-0.3, -0.25) is 4.79 Å². The molecule has 0 aliphatic heterocycles. The number of nitrogens with one attached hydrogen (secondary N) is 1. The topological polar surface area (TPSA) is 81.1 Å². The molecule has 0 aromatic heterocycles. The molecule has 0 bridgehead atoms. The molecule has 0 saturated heterocycles. The highest BCUT2D eigenvalue weighted by atomic mass is 35.5. The van der Waals surface area contributed by atoms with Crippen LogP contribution >= 0.6 is 11.6 Å². The molecule has 0 heterocycles. The predicted octanol–water partition coefficient (Wildman–Crippen LogP) is 2.91. The number of nitrogens with two attached hydrogens (primary N) is 2. The quantitative estimate of drug-likeness (QED) is 0.759. The van der Waals surface area contributed by atoms with Crippen molar-refractivity contribution in [3.8, 4) is 0 Å². The number of amides is 1. The van der Waals surface area contributed by atoms with E-state index in [2.05, 4.69) is 5.32 Å². The van der Waals surface area contributed by atoms with E-state index in [9.17, 15) is 13.6 Å². The van der Waals surface area contributed by atoms with Gasteiger partial charge in [0.2, 0.25) is 0 Å². The zero-order chi connectivity index (χ0) is 15.6. The van der Waals surface area contributed by atoms with Crippen LogP contribution in [0.4, 0.5) is 20.2 Å². The number of rotatable bonds is 4. The zero-order valence-electron chi connectivity index (χ0n) is 10.8. The summed E-state index contributed by atoms with van der Waals surface area (Å²) in [6.07, 6.45) is 0. The summed E-state index contributed by atoms with van der Waals surface area (Å²) in [7, 11) is 0. The van der Waals surface area contributed by atoms with Gasteiger partial charge >= 0.3 is 0 Å². The van der Waals surface area contributed by atoms with Crippen LogP contribution in [0.25, 0.3) is 0 Å². The van der Waals surface area contributed by atoms with Gasteiger partial charge in [0.25, 0.3) is 5.91 Å². The van der Waals surface area contributed by atoms with Crippen LogP contribution in [-0.4, -0.2) is 5.91 Å². The van der Waals surface area contributed by atoms with Crippen LogP contribution in [0.3, 0.4) is 0 Å². The van der Waals surface area contributed by atoms with E-state index in [1.807, 2.05) is 0 Å². The normalized spacial score (nSPS) is 10.4. The molecule has 2 rings (SSSR count). The smallest absolute Gasteiger partial charge is 0.250 e. The summed E-state index contributed by atoms with van der Waals surface area (Å²) in [5.41, 5.74) is 12.1. The van der Waals surface area contributed by atoms with Crippen molar-refractivity contribution in [2.24, 2.45) is 5.73 Å². The van der Waals surface area contributed by atoms with Crippen LogP contribution in [0.5, 0.6) is 0 Å². The molecule has 0 fully saturated rings. The van der Waals surface area contributed by atoms with Crippen LogP contribution in [-0.2, 0) is 6.54 Å². The molecule has 0 radical (unpaired) electrons. The Morgan fingerprint density at radius 2 is 1.90 bits per heavy atom. The van der Waals surface area contributed by atoms with Gasteiger partial charge in [-0.2, -0.15) is 0 Å². The van der Waals surface area contributed by atoms with Crippen LogP contribution < -0.4 is 16.8 Å². The molecule has 0 unspecified atom stereocenters. The van der Waals surface area contributed by atoms with Crippen molar-refractivity contribution >= 4 is 28.9 Å². The molecule has 7 heteroatoms. The molecule has 0 atom stereocenters. The average Bonchev–Trinajstić information content (AvgIpc) is 2.40. The second-order valence-electron chi connectivity index (χ2n) is 4.39. The Hall–Kier alpha value is -2.34. The molecule has 0 spiro atoms. The monoisotopic (exact) mass is 311 g/mol. The van der Waals surface area contributed by atoms with Gasteiger partial charge < -0.3 is 16.8 Å². The molecule has 2 aromatic rings. The number of hydrogen-bond acceptors (Lipinski definition) is 3. The van der Waals surface area contributed by atoms with Gasteiger partial charge in [-0.05, 0) is 29.8 Å². The number of nitrogen functional groups attached to an aromatic ring is 1. The van der Waals surface area contributed by atoms with E-state index in [-0.39, 0.29) is 17.1 Å². The summed E-state index contributed by atoms with van der Waals surface area (Å²) in [5, 5.41) is 3.09. The lowest BCUT2D eigenvalue weighted by Crippen LogP contribution is -2.15. The van der Waals surface area contributed by atoms with Gasteiger partial charge in [-0.1, -0.05) is 17.7 Å². The highest BCUT2D eigenvalue weighted by Crippen LogP contribution is 2.29. The van der Waals surface area contributed by atoms with E-state index >= 15 is 0 Å². The predicted molar refractivity (Wildman–Crippen MR) is 78.1 cm³/mol. The zero-order valence-corrected chi connectivity index (χ0v) is 11.5.